The van der Waals surface area contributed by atoms with Gasteiger partial charge in [0.15, 0.2) is 11.5 Å². The van der Waals surface area contributed by atoms with Crippen molar-refractivity contribution in [2.75, 3.05) is 7.11 Å². The number of hydrogen-bond donors (Lipinski definition) is 2. The van der Waals surface area contributed by atoms with Crippen LogP contribution in [-0.4, -0.2) is 29.0 Å². The van der Waals surface area contributed by atoms with Crippen molar-refractivity contribution >= 4 is 0 Å². The first-order valence-electron chi connectivity index (χ1n) is 7.23. The summed E-state index contributed by atoms with van der Waals surface area (Å²) in [4.78, 5) is 0. The van der Waals surface area contributed by atoms with Gasteiger partial charge in [-0.05, 0) is 55.9 Å². The highest BCUT2D eigenvalue weighted by Gasteiger charge is 2.45. The van der Waals surface area contributed by atoms with Crippen LogP contribution in [0.2, 0.25) is 0 Å². The van der Waals surface area contributed by atoms with E-state index in [1.807, 2.05) is 12.1 Å². The van der Waals surface area contributed by atoms with Gasteiger partial charge in [0.1, 0.15) is 5.60 Å². The maximum atomic E-state index is 9.89. The minimum absolute atomic E-state index is 0.00575. The number of aliphatic hydroxyl groups excluding tert-OH is 2. The van der Waals surface area contributed by atoms with Crippen LogP contribution in [0.4, 0.5) is 0 Å². The number of benzene rings is 1. The second-order valence-corrected chi connectivity index (χ2v) is 6.19. The van der Waals surface area contributed by atoms with Gasteiger partial charge in [0.05, 0.1) is 19.8 Å². The van der Waals surface area contributed by atoms with Gasteiger partial charge in [-0.3, -0.25) is 0 Å². The molecule has 1 saturated carbocycles. The van der Waals surface area contributed by atoms with Crippen molar-refractivity contribution in [1.29, 1.82) is 0 Å². The van der Waals surface area contributed by atoms with E-state index in [0.29, 0.717) is 11.7 Å². The normalized spacial score (nSPS) is 32.0. The third kappa shape index (κ3) is 2.17. The van der Waals surface area contributed by atoms with E-state index in [-0.39, 0.29) is 18.3 Å². The topological polar surface area (TPSA) is 58.9 Å². The molecule has 0 spiro atoms. The number of ether oxygens (including phenoxy) is 2. The lowest BCUT2D eigenvalue weighted by Crippen LogP contribution is -2.49. The third-order valence-electron chi connectivity index (χ3n) is 4.79. The molecule has 0 radical (unpaired) electrons. The molecule has 3 rings (SSSR count). The van der Waals surface area contributed by atoms with E-state index in [4.69, 9.17) is 9.47 Å². The molecular formula is C16H22O4. The molecule has 0 amide bonds. The number of methoxy groups -OCH3 is 1. The van der Waals surface area contributed by atoms with Gasteiger partial charge in [0, 0.05) is 5.92 Å². The van der Waals surface area contributed by atoms with Crippen LogP contribution < -0.4 is 9.47 Å². The van der Waals surface area contributed by atoms with E-state index in [2.05, 4.69) is 6.92 Å². The summed E-state index contributed by atoms with van der Waals surface area (Å²) in [5, 5.41) is 19.2. The van der Waals surface area contributed by atoms with Crippen LogP contribution in [0, 0.1) is 5.92 Å². The molecule has 4 nitrogen and oxygen atoms in total. The van der Waals surface area contributed by atoms with Crippen molar-refractivity contribution in [3.05, 3.63) is 23.3 Å². The van der Waals surface area contributed by atoms with Gasteiger partial charge in [0.25, 0.3) is 0 Å². The number of rotatable bonds is 2. The maximum Gasteiger partial charge on any atom is 0.165 e. The van der Waals surface area contributed by atoms with Gasteiger partial charge in [-0.1, -0.05) is 0 Å². The van der Waals surface area contributed by atoms with Gasteiger partial charge >= 0.3 is 0 Å². The molecule has 2 aliphatic rings. The average molecular weight is 278 g/mol. The van der Waals surface area contributed by atoms with Crippen LogP contribution in [0.5, 0.6) is 11.5 Å². The Morgan fingerprint density at radius 3 is 2.95 bits per heavy atom. The molecule has 1 aliphatic heterocycles. The lowest BCUT2D eigenvalue weighted by Gasteiger charge is -2.47. The molecule has 1 heterocycles. The van der Waals surface area contributed by atoms with E-state index >= 15 is 0 Å². The smallest absolute Gasteiger partial charge is 0.165 e. The number of aliphatic hydroxyl groups is 2. The summed E-state index contributed by atoms with van der Waals surface area (Å²) in [5.74, 6) is 1.81. The lowest BCUT2D eigenvalue weighted by atomic mass is 9.71. The van der Waals surface area contributed by atoms with Gasteiger partial charge in [-0.2, -0.15) is 0 Å². The van der Waals surface area contributed by atoms with E-state index in [1.54, 1.807) is 7.11 Å². The highest BCUT2D eigenvalue weighted by atomic mass is 16.5. The Kier molecular flexibility index (Phi) is 3.38. The number of fused-ring (bicyclic) bond motifs is 2. The summed E-state index contributed by atoms with van der Waals surface area (Å²) in [6.07, 6.45) is 3.08. The molecule has 0 aromatic heterocycles. The summed E-state index contributed by atoms with van der Waals surface area (Å²) in [6, 6.07) is 3.82. The molecule has 20 heavy (non-hydrogen) atoms. The lowest BCUT2D eigenvalue weighted by molar-refractivity contribution is -0.0603. The van der Waals surface area contributed by atoms with Crippen molar-refractivity contribution < 1.29 is 19.7 Å². The quantitative estimate of drug-likeness (QED) is 0.869. The van der Waals surface area contributed by atoms with Crippen molar-refractivity contribution in [3.8, 4) is 11.5 Å². The van der Waals surface area contributed by atoms with Gasteiger partial charge in [-0.15, -0.1) is 0 Å². The molecule has 1 aromatic rings. The van der Waals surface area contributed by atoms with Crippen molar-refractivity contribution in [3.63, 3.8) is 0 Å². The second kappa shape index (κ2) is 4.93. The molecule has 4 heteroatoms. The molecular weight excluding hydrogens is 256 g/mol. The van der Waals surface area contributed by atoms with Crippen LogP contribution in [0.25, 0.3) is 0 Å². The fourth-order valence-electron chi connectivity index (χ4n) is 3.52. The van der Waals surface area contributed by atoms with E-state index in [0.717, 1.165) is 42.6 Å². The predicted molar refractivity (Wildman–Crippen MR) is 75.0 cm³/mol. The summed E-state index contributed by atoms with van der Waals surface area (Å²) >= 11 is 0. The molecule has 110 valence electrons. The summed E-state index contributed by atoms with van der Waals surface area (Å²) in [6.45, 7) is 2.13. The first-order chi connectivity index (χ1) is 9.55. The van der Waals surface area contributed by atoms with Crippen molar-refractivity contribution in [2.45, 2.75) is 50.9 Å². The van der Waals surface area contributed by atoms with Crippen LogP contribution in [0.1, 0.15) is 37.3 Å². The summed E-state index contributed by atoms with van der Waals surface area (Å²) < 4.78 is 11.7. The van der Waals surface area contributed by atoms with Gasteiger partial charge < -0.3 is 19.7 Å². The standard InChI is InChI=1S/C16H22O4/c1-16-4-3-13(18)8-12(16)7-11-5-10(9-17)6-14(19-2)15(11)20-16/h5-6,12-13,17-18H,3-4,7-9H2,1-2H3/t12-,13-,16-/m1/s1. The Labute approximate surface area is 119 Å². The zero-order valence-corrected chi connectivity index (χ0v) is 12.1. The van der Waals surface area contributed by atoms with Gasteiger partial charge in [-0.25, -0.2) is 0 Å². The Morgan fingerprint density at radius 2 is 2.25 bits per heavy atom. The summed E-state index contributed by atoms with van der Waals surface area (Å²) in [5.41, 5.74) is 1.69. The van der Waals surface area contributed by atoms with E-state index in [9.17, 15) is 10.2 Å². The van der Waals surface area contributed by atoms with Crippen LogP contribution in [0.15, 0.2) is 12.1 Å². The monoisotopic (exact) mass is 278 g/mol. The zero-order chi connectivity index (χ0) is 14.3. The zero-order valence-electron chi connectivity index (χ0n) is 12.1. The fourth-order valence-corrected chi connectivity index (χ4v) is 3.52. The molecule has 1 aliphatic carbocycles. The Morgan fingerprint density at radius 1 is 1.45 bits per heavy atom. The highest BCUT2D eigenvalue weighted by molar-refractivity contribution is 5.51. The molecule has 0 bridgehead atoms. The second-order valence-electron chi connectivity index (χ2n) is 6.19. The van der Waals surface area contributed by atoms with Crippen LogP contribution in [-0.2, 0) is 13.0 Å². The maximum absolute atomic E-state index is 9.89. The minimum Gasteiger partial charge on any atom is -0.493 e. The molecule has 2 N–H and O–H groups in total. The molecule has 0 saturated heterocycles. The Bertz CT molecular complexity index is 513. The summed E-state index contributed by atoms with van der Waals surface area (Å²) in [7, 11) is 1.62. The first-order valence-corrected chi connectivity index (χ1v) is 7.23. The average Bonchev–Trinajstić information content (AvgIpc) is 2.44. The number of hydrogen-bond acceptors (Lipinski definition) is 4. The predicted octanol–water partition coefficient (Wildman–Crippen LogP) is 2.04. The van der Waals surface area contributed by atoms with E-state index in [1.165, 1.54) is 0 Å². The van der Waals surface area contributed by atoms with Crippen molar-refractivity contribution in [2.24, 2.45) is 5.92 Å². The van der Waals surface area contributed by atoms with Crippen LogP contribution in [0.3, 0.4) is 0 Å². The largest absolute Gasteiger partial charge is 0.493 e. The van der Waals surface area contributed by atoms with Crippen molar-refractivity contribution in [1.82, 2.24) is 0 Å². The minimum atomic E-state index is -0.222. The van der Waals surface area contributed by atoms with Gasteiger partial charge in [0.2, 0.25) is 0 Å². The van der Waals surface area contributed by atoms with Crippen LogP contribution >= 0.6 is 0 Å². The Balaban J connectivity index is 2.01. The molecule has 1 aromatic carbocycles. The first kappa shape index (κ1) is 13.7. The molecule has 0 unspecified atom stereocenters. The fraction of sp³-hybridized carbons (Fsp3) is 0.625. The highest BCUT2D eigenvalue weighted by Crippen LogP contribution is 2.48. The molecule has 1 fully saturated rings. The Hall–Kier alpha value is -1.26. The molecule has 3 atom stereocenters. The SMILES string of the molecule is COc1cc(CO)cc2c1O[C@]1(C)CC[C@@H](O)C[C@H]1C2. The van der Waals surface area contributed by atoms with E-state index < -0.39 is 0 Å². The third-order valence-corrected chi connectivity index (χ3v) is 4.79.